The Morgan fingerprint density at radius 1 is 1.11 bits per heavy atom. The largest absolute Gasteiger partial charge is 0.383 e. The van der Waals surface area contributed by atoms with Gasteiger partial charge in [-0.2, -0.15) is 5.48 Å². The molecule has 0 aromatic heterocycles. The van der Waals surface area contributed by atoms with Crippen LogP contribution in [0.3, 0.4) is 0 Å². The molecular formula is C21H41N5O2. The van der Waals surface area contributed by atoms with Crippen molar-refractivity contribution in [1.29, 1.82) is 0 Å². The monoisotopic (exact) mass is 395 g/mol. The van der Waals surface area contributed by atoms with Gasteiger partial charge < -0.3 is 10.1 Å². The Hall–Kier alpha value is -0.280. The van der Waals surface area contributed by atoms with Gasteiger partial charge in [-0.25, -0.2) is 0 Å². The summed E-state index contributed by atoms with van der Waals surface area (Å²) in [5, 5.41) is 10.9. The summed E-state index contributed by atoms with van der Waals surface area (Å²) < 4.78 is 5.16. The Bertz CT molecular complexity index is 462. The van der Waals surface area contributed by atoms with Crippen LogP contribution >= 0.6 is 0 Å². The van der Waals surface area contributed by atoms with Crippen molar-refractivity contribution in [3.05, 3.63) is 0 Å². The number of hydrogen-bond acceptors (Lipinski definition) is 7. The van der Waals surface area contributed by atoms with Crippen molar-refractivity contribution in [2.45, 2.75) is 82.4 Å². The van der Waals surface area contributed by atoms with Crippen molar-refractivity contribution in [3.63, 3.8) is 0 Å². The molecule has 3 heterocycles. The number of ether oxygens (including phenoxy) is 1. The highest BCUT2D eigenvalue weighted by Gasteiger charge is 2.41. The molecule has 0 aromatic rings. The quantitative estimate of drug-likeness (QED) is 0.463. The summed E-state index contributed by atoms with van der Waals surface area (Å²) in [6.45, 7) is 5.22. The standard InChI is InChI=1S/C21H41N5O2/c1-27-13-11-23-19-14-17(9-10-22-19)20-24-21(28-25-20)18-8-5-12-26(18)15-16-6-3-2-4-7-16/h16-25H,2-15H2,1H3. The lowest BCUT2D eigenvalue weighted by Gasteiger charge is -2.35. The van der Waals surface area contributed by atoms with E-state index in [4.69, 9.17) is 9.57 Å². The van der Waals surface area contributed by atoms with Crippen molar-refractivity contribution in [1.82, 2.24) is 26.3 Å². The average molecular weight is 396 g/mol. The van der Waals surface area contributed by atoms with Crippen molar-refractivity contribution in [3.8, 4) is 0 Å². The van der Waals surface area contributed by atoms with Crippen LogP contribution in [0, 0.1) is 11.8 Å². The summed E-state index contributed by atoms with van der Waals surface area (Å²) in [5.74, 6) is 1.49. The third-order valence-electron chi connectivity index (χ3n) is 7.26. The van der Waals surface area contributed by atoms with Gasteiger partial charge in [-0.05, 0) is 63.5 Å². The lowest BCUT2D eigenvalue weighted by molar-refractivity contribution is -0.0272. The van der Waals surface area contributed by atoms with E-state index >= 15 is 0 Å². The molecule has 4 N–H and O–H groups in total. The van der Waals surface area contributed by atoms with Gasteiger partial charge in [0.2, 0.25) is 0 Å². The summed E-state index contributed by atoms with van der Waals surface area (Å²) in [6.07, 6.45) is 12.8. The van der Waals surface area contributed by atoms with E-state index in [-0.39, 0.29) is 12.4 Å². The maximum atomic E-state index is 6.09. The highest BCUT2D eigenvalue weighted by molar-refractivity contribution is 4.92. The summed E-state index contributed by atoms with van der Waals surface area (Å²) >= 11 is 0. The third kappa shape index (κ3) is 5.45. The van der Waals surface area contributed by atoms with Crippen LogP contribution in [-0.4, -0.2) is 69.4 Å². The zero-order valence-electron chi connectivity index (χ0n) is 17.6. The molecule has 7 nitrogen and oxygen atoms in total. The fourth-order valence-electron chi connectivity index (χ4n) is 5.68. The Labute approximate surface area is 170 Å². The Morgan fingerprint density at radius 3 is 2.86 bits per heavy atom. The molecule has 0 spiro atoms. The number of hydrogen-bond donors (Lipinski definition) is 4. The first-order valence-corrected chi connectivity index (χ1v) is 11.7. The number of hydroxylamine groups is 1. The van der Waals surface area contributed by atoms with E-state index in [0.717, 1.165) is 32.0 Å². The normalized spacial score (nSPS) is 38.2. The first-order valence-electron chi connectivity index (χ1n) is 11.7. The molecule has 4 aliphatic rings. The second-order valence-electron chi connectivity index (χ2n) is 9.25. The van der Waals surface area contributed by atoms with E-state index in [0.29, 0.717) is 18.1 Å². The highest BCUT2D eigenvalue weighted by atomic mass is 16.7. The summed E-state index contributed by atoms with van der Waals surface area (Å²) in [4.78, 5) is 8.81. The van der Waals surface area contributed by atoms with Gasteiger partial charge in [0.1, 0.15) is 6.23 Å². The first-order chi connectivity index (χ1) is 13.8. The van der Waals surface area contributed by atoms with E-state index in [9.17, 15) is 0 Å². The van der Waals surface area contributed by atoms with Crippen LogP contribution in [0.15, 0.2) is 0 Å². The molecule has 0 amide bonds. The summed E-state index contributed by atoms with van der Waals surface area (Å²) in [6, 6.07) is 0.525. The van der Waals surface area contributed by atoms with Crippen LogP contribution in [0.1, 0.15) is 57.8 Å². The van der Waals surface area contributed by atoms with E-state index in [1.807, 2.05) is 0 Å². The third-order valence-corrected chi connectivity index (χ3v) is 7.26. The lowest BCUT2D eigenvalue weighted by Crippen LogP contribution is -2.54. The van der Waals surface area contributed by atoms with Crippen molar-refractivity contribution >= 4 is 0 Å². The van der Waals surface area contributed by atoms with Gasteiger partial charge in [-0.15, -0.1) is 0 Å². The van der Waals surface area contributed by atoms with E-state index in [1.54, 1.807) is 7.11 Å². The van der Waals surface area contributed by atoms with E-state index < -0.39 is 0 Å². The average Bonchev–Trinajstić information content (AvgIpc) is 3.39. The van der Waals surface area contributed by atoms with E-state index in [2.05, 4.69) is 26.3 Å². The maximum absolute atomic E-state index is 6.09. The van der Waals surface area contributed by atoms with Gasteiger partial charge in [0.15, 0.2) is 0 Å². The topological polar surface area (TPSA) is 69.8 Å². The molecule has 4 rings (SSSR count). The first kappa shape index (κ1) is 21.0. The number of piperidine rings is 1. The number of nitrogens with zero attached hydrogens (tertiary/aromatic N) is 1. The van der Waals surface area contributed by atoms with Gasteiger partial charge >= 0.3 is 0 Å². The van der Waals surface area contributed by atoms with Crippen LogP contribution in [0.4, 0.5) is 0 Å². The SMILES string of the molecule is COCCNC1CC(C2NOC(C3CCCN3CC3CCCCC3)N2)CCN1. The smallest absolute Gasteiger partial charge is 0.146 e. The molecule has 3 saturated heterocycles. The molecule has 0 aromatic carbocycles. The molecule has 0 radical (unpaired) electrons. The summed E-state index contributed by atoms with van der Waals surface area (Å²) in [7, 11) is 1.75. The van der Waals surface area contributed by atoms with Crippen molar-refractivity contribution in [2.75, 3.05) is 39.9 Å². The van der Waals surface area contributed by atoms with Gasteiger partial charge in [0.25, 0.3) is 0 Å². The van der Waals surface area contributed by atoms with Gasteiger partial charge in [-0.3, -0.25) is 20.4 Å². The highest BCUT2D eigenvalue weighted by Crippen LogP contribution is 2.30. The Balaban J connectivity index is 1.24. The molecular weight excluding hydrogens is 354 g/mol. The molecule has 1 aliphatic carbocycles. The molecule has 1 saturated carbocycles. The maximum Gasteiger partial charge on any atom is 0.146 e. The molecule has 3 aliphatic heterocycles. The molecule has 28 heavy (non-hydrogen) atoms. The number of rotatable bonds is 8. The van der Waals surface area contributed by atoms with Gasteiger partial charge in [-0.1, -0.05) is 19.3 Å². The minimum absolute atomic E-state index is 0.130. The zero-order valence-corrected chi connectivity index (χ0v) is 17.6. The lowest BCUT2D eigenvalue weighted by atomic mass is 9.89. The Morgan fingerprint density at radius 2 is 2.00 bits per heavy atom. The predicted molar refractivity (Wildman–Crippen MR) is 110 cm³/mol. The molecule has 5 unspecified atom stereocenters. The second kappa shape index (κ2) is 10.7. The van der Waals surface area contributed by atoms with Crippen molar-refractivity contribution in [2.24, 2.45) is 11.8 Å². The van der Waals surface area contributed by atoms with Crippen LogP contribution in [0.25, 0.3) is 0 Å². The van der Waals surface area contributed by atoms with E-state index in [1.165, 1.54) is 64.5 Å². The van der Waals surface area contributed by atoms with Crippen molar-refractivity contribution < 1.29 is 9.57 Å². The minimum Gasteiger partial charge on any atom is -0.383 e. The van der Waals surface area contributed by atoms with Crippen LogP contribution < -0.4 is 21.4 Å². The van der Waals surface area contributed by atoms with Crippen LogP contribution in [0.2, 0.25) is 0 Å². The Kier molecular flexibility index (Phi) is 7.98. The molecule has 5 atom stereocenters. The molecule has 0 bridgehead atoms. The summed E-state index contributed by atoms with van der Waals surface area (Å²) in [5.41, 5.74) is 3.35. The zero-order chi connectivity index (χ0) is 19.2. The van der Waals surface area contributed by atoms with Crippen LogP contribution in [0.5, 0.6) is 0 Å². The van der Waals surface area contributed by atoms with Gasteiger partial charge in [0, 0.05) is 20.2 Å². The number of nitrogens with one attached hydrogen (secondary N) is 4. The predicted octanol–water partition coefficient (Wildman–Crippen LogP) is 1.37. The van der Waals surface area contributed by atoms with Gasteiger partial charge in [0.05, 0.1) is 25.0 Å². The number of methoxy groups -OCH3 is 1. The molecule has 4 fully saturated rings. The van der Waals surface area contributed by atoms with Crippen LogP contribution in [-0.2, 0) is 9.57 Å². The minimum atomic E-state index is 0.130. The second-order valence-corrected chi connectivity index (χ2v) is 9.25. The fourth-order valence-corrected chi connectivity index (χ4v) is 5.68. The number of likely N-dealkylation sites (tertiary alicyclic amines) is 1. The molecule has 7 heteroatoms. The molecule has 162 valence electrons. The fraction of sp³-hybridized carbons (Fsp3) is 1.00.